The first kappa shape index (κ1) is 30.1. The lowest BCUT2D eigenvalue weighted by molar-refractivity contribution is -0.253. The van der Waals surface area contributed by atoms with E-state index in [1.807, 2.05) is 84.3 Å². The van der Waals surface area contributed by atoms with Crippen molar-refractivity contribution in [2.24, 2.45) is 0 Å². The standard InChI is InChI=1S/C34H41N5O5/c1-2-35-33(41)36-20-23-7-13-26(14-8-23)32-43-28(19-31(44-32)25-11-9-24(22-40)10-12-25)21-38-17-15-27(16-18-38)39-30-6-4-3-5-29(30)37-34(39)42/h3-14,27-28,31-32,40H,2,15-22H2,1H3,(H,37,42)(H2,35,36,41)/t28-,31+,32+/m0/s1. The van der Waals surface area contributed by atoms with Crippen LogP contribution in [0.1, 0.15) is 66.9 Å². The monoisotopic (exact) mass is 599 g/mol. The van der Waals surface area contributed by atoms with Crippen molar-refractivity contribution in [1.82, 2.24) is 25.1 Å². The molecular formula is C34H41N5O5. The summed E-state index contributed by atoms with van der Waals surface area (Å²) >= 11 is 0. The highest BCUT2D eigenvalue weighted by Gasteiger charge is 2.34. The number of hydrogen-bond acceptors (Lipinski definition) is 6. The molecule has 2 aliphatic heterocycles. The molecule has 6 rings (SSSR count). The predicted octanol–water partition coefficient (Wildman–Crippen LogP) is 4.52. The summed E-state index contributed by atoms with van der Waals surface area (Å²) in [6.07, 6.45) is 1.75. The molecule has 3 atom stereocenters. The number of imidazole rings is 1. The summed E-state index contributed by atoms with van der Waals surface area (Å²) < 4.78 is 15.0. The van der Waals surface area contributed by atoms with Crippen molar-refractivity contribution < 1.29 is 19.4 Å². The Morgan fingerprint density at radius 1 is 0.932 bits per heavy atom. The molecule has 2 saturated heterocycles. The molecule has 4 N–H and O–H groups in total. The van der Waals surface area contributed by atoms with Crippen molar-refractivity contribution in [3.63, 3.8) is 0 Å². The van der Waals surface area contributed by atoms with Gasteiger partial charge in [0, 0.05) is 50.7 Å². The Bertz CT molecular complexity index is 1590. The summed E-state index contributed by atoms with van der Waals surface area (Å²) in [5, 5.41) is 15.1. The number of urea groups is 1. The van der Waals surface area contributed by atoms with Crippen LogP contribution in [0.25, 0.3) is 11.0 Å². The minimum atomic E-state index is -0.538. The average molecular weight is 600 g/mol. The van der Waals surface area contributed by atoms with Crippen LogP contribution in [-0.4, -0.2) is 57.9 Å². The number of nitrogens with one attached hydrogen (secondary N) is 3. The summed E-state index contributed by atoms with van der Waals surface area (Å²) in [5.41, 5.74) is 5.63. The van der Waals surface area contributed by atoms with E-state index in [2.05, 4.69) is 20.5 Å². The topological polar surface area (TPSA) is 121 Å². The predicted molar refractivity (Wildman–Crippen MR) is 168 cm³/mol. The van der Waals surface area contributed by atoms with Crippen LogP contribution in [-0.2, 0) is 22.6 Å². The Morgan fingerprint density at radius 3 is 2.36 bits per heavy atom. The number of aromatic amines is 1. The van der Waals surface area contributed by atoms with Gasteiger partial charge in [-0.1, -0.05) is 60.7 Å². The fraction of sp³-hybridized carbons (Fsp3) is 0.412. The molecule has 4 aromatic rings. The number of aliphatic hydroxyl groups is 1. The number of aromatic nitrogens is 2. The van der Waals surface area contributed by atoms with Gasteiger partial charge in [0.1, 0.15) is 0 Å². The van der Waals surface area contributed by atoms with Crippen molar-refractivity contribution in [1.29, 1.82) is 0 Å². The number of aliphatic hydroxyl groups excluding tert-OH is 1. The second kappa shape index (κ2) is 13.8. The molecule has 232 valence electrons. The van der Waals surface area contributed by atoms with Crippen molar-refractivity contribution in [2.45, 2.75) is 63.9 Å². The van der Waals surface area contributed by atoms with Gasteiger partial charge < -0.3 is 35.1 Å². The number of nitrogens with zero attached hydrogens (tertiary/aromatic N) is 2. The van der Waals surface area contributed by atoms with Gasteiger partial charge in [0.05, 0.1) is 29.8 Å². The number of H-pyrrole nitrogens is 1. The number of rotatable bonds is 9. The van der Waals surface area contributed by atoms with E-state index in [1.165, 1.54) is 0 Å². The third kappa shape index (κ3) is 6.89. The smallest absolute Gasteiger partial charge is 0.326 e. The molecule has 2 amide bonds. The number of amides is 2. The number of hydrogen-bond donors (Lipinski definition) is 4. The molecule has 10 heteroatoms. The maximum atomic E-state index is 12.8. The van der Waals surface area contributed by atoms with Gasteiger partial charge in [-0.15, -0.1) is 0 Å². The fourth-order valence-electron chi connectivity index (χ4n) is 6.32. The number of likely N-dealkylation sites (tertiary alicyclic amines) is 1. The minimum Gasteiger partial charge on any atom is -0.392 e. The first-order valence-corrected chi connectivity index (χ1v) is 15.5. The summed E-state index contributed by atoms with van der Waals surface area (Å²) in [6.45, 7) is 5.43. The Morgan fingerprint density at radius 2 is 1.64 bits per heavy atom. The van der Waals surface area contributed by atoms with Gasteiger partial charge in [0.15, 0.2) is 6.29 Å². The van der Waals surface area contributed by atoms with Crippen LogP contribution in [0.15, 0.2) is 77.6 Å². The first-order valence-electron chi connectivity index (χ1n) is 15.5. The Hall–Kier alpha value is -3.96. The number of benzene rings is 3. The Kier molecular flexibility index (Phi) is 9.42. The number of fused-ring (bicyclic) bond motifs is 1. The molecular weight excluding hydrogens is 558 g/mol. The van der Waals surface area contributed by atoms with E-state index in [1.54, 1.807) is 0 Å². The highest BCUT2D eigenvalue weighted by Crippen LogP contribution is 2.38. The molecule has 44 heavy (non-hydrogen) atoms. The molecule has 0 radical (unpaired) electrons. The number of piperidine rings is 1. The van der Waals surface area contributed by atoms with Crippen molar-refractivity contribution >= 4 is 17.1 Å². The summed E-state index contributed by atoms with van der Waals surface area (Å²) in [6, 6.07) is 23.7. The highest BCUT2D eigenvalue weighted by molar-refractivity contribution is 5.75. The molecule has 0 spiro atoms. The molecule has 3 aromatic carbocycles. The largest absolute Gasteiger partial charge is 0.392 e. The average Bonchev–Trinajstić information content (AvgIpc) is 3.40. The molecule has 0 aliphatic carbocycles. The second-order valence-corrected chi connectivity index (χ2v) is 11.7. The Labute approximate surface area is 257 Å². The summed E-state index contributed by atoms with van der Waals surface area (Å²) in [7, 11) is 0. The maximum absolute atomic E-state index is 12.8. The van der Waals surface area contributed by atoms with Crippen LogP contribution < -0.4 is 16.3 Å². The molecule has 0 bridgehead atoms. The molecule has 1 aromatic heterocycles. The molecule has 3 heterocycles. The molecule has 2 fully saturated rings. The van der Waals surface area contributed by atoms with Crippen LogP contribution in [0, 0.1) is 0 Å². The van der Waals surface area contributed by atoms with Crippen LogP contribution >= 0.6 is 0 Å². The zero-order chi connectivity index (χ0) is 30.5. The van der Waals surface area contributed by atoms with E-state index < -0.39 is 6.29 Å². The quantitative estimate of drug-likeness (QED) is 0.225. The summed E-state index contributed by atoms with van der Waals surface area (Å²) in [5.74, 6) is 0. The van der Waals surface area contributed by atoms with E-state index in [4.69, 9.17) is 9.47 Å². The van der Waals surface area contributed by atoms with E-state index in [0.717, 1.165) is 65.8 Å². The molecule has 2 aliphatic rings. The SMILES string of the molecule is CCNC(=O)NCc1ccc([C@@H]2O[C@H](CN3CCC(n4c(=O)[nH]c5ccccc54)CC3)C[C@H](c3ccc(CO)cc3)O2)cc1. The second-order valence-electron chi connectivity index (χ2n) is 11.7. The zero-order valence-electron chi connectivity index (χ0n) is 25.1. The van der Waals surface area contributed by atoms with E-state index in [9.17, 15) is 14.7 Å². The summed E-state index contributed by atoms with van der Waals surface area (Å²) in [4.78, 5) is 30.0. The van der Waals surface area contributed by atoms with Crippen molar-refractivity contribution in [2.75, 3.05) is 26.2 Å². The van der Waals surface area contributed by atoms with E-state index in [-0.39, 0.29) is 36.6 Å². The van der Waals surface area contributed by atoms with E-state index >= 15 is 0 Å². The lowest BCUT2D eigenvalue weighted by atomic mass is 9.98. The minimum absolute atomic E-state index is 0.00209. The van der Waals surface area contributed by atoms with Gasteiger partial charge in [-0.25, -0.2) is 9.59 Å². The van der Waals surface area contributed by atoms with Crippen LogP contribution in [0.3, 0.4) is 0 Å². The molecule has 0 unspecified atom stereocenters. The lowest BCUT2D eigenvalue weighted by Gasteiger charge is -2.40. The van der Waals surface area contributed by atoms with Gasteiger partial charge in [-0.3, -0.25) is 4.57 Å². The normalized spacial score (nSPS) is 21.4. The lowest BCUT2D eigenvalue weighted by Crippen LogP contribution is -2.43. The number of carbonyl (C=O) groups excluding carboxylic acids is 1. The number of ether oxygens (including phenoxy) is 2. The highest BCUT2D eigenvalue weighted by atomic mass is 16.7. The van der Waals surface area contributed by atoms with Gasteiger partial charge in [-0.2, -0.15) is 0 Å². The van der Waals surface area contributed by atoms with Crippen LogP contribution in [0.2, 0.25) is 0 Å². The van der Waals surface area contributed by atoms with Crippen LogP contribution in [0.4, 0.5) is 4.79 Å². The maximum Gasteiger partial charge on any atom is 0.326 e. The van der Waals surface area contributed by atoms with Gasteiger partial charge in [0.2, 0.25) is 0 Å². The fourth-order valence-corrected chi connectivity index (χ4v) is 6.32. The van der Waals surface area contributed by atoms with Crippen molar-refractivity contribution in [3.8, 4) is 0 Å². The third-order valence-electron chi connectivity index (χ3n) is 8.67. The molecule has 0 saturated carbocycles. The molecule has 10 nitrogen and oxygen atoms in total. The number of carbonyl (C=O) groups is 1. The third-order valence-corrected chi connectivity index (χ3v) is 8.67. The zero-order valence-corrected chi connectivity index (χ0v) is 25.1. The van der Waals surface area contributed by atoms with Crippen molar-refractivity contribution in [3.05, 3.63) is 106 Å². The van der Waals surface area contributed by atoms with Gasteiger partial charge in [-0.05, 0) is 48.6 Å². The van der Waals surface area contributed by atoms with Gasteiger partial charge in [0.25, 0.3) is 0 Å². The number of para-hydroxylation sites is 2. The van der Waals surface area contributed by atoms with E-state index in [0.29, 0.717) is 19.5 Å². The first-order chi connectivity index (χ1) is 21.5. The van der Waals surface area contributed by atoms with Crippen LogP contribution in [0.5, 0.6) is 0 Å². The Balaban J connectivity index is 1.13. The van der Waals surface area contributed by atoms with Gasteiger partial charge >= 0.3 is 11.7 Å².